The molecule has 5 nitrogen and oxygen atoms in total. The topological polar surface area (TPSA) is 59.0 Å². The lowest BCUT2D eigenvalue weighted by Gasteiger charge is -2.19. The fourth-order valence-corrected chi connectivity index (χ4v) is 3.03. The fourth-order valence-electron chi connectivity index (χ4n) is 2.32. The largest absolute Gasteiger partial charge is 0.354 e. The smallest absolute Gasteiger partial charge is 0.236 e. The summed E-state index contributed by atoms with van der Waals surface area (Å²) in [4.78, 5) is 13.4. The van der Waals surface area contributed by atoms with Crippen LogP contribution < -0.4 is 10.6 Å². The van der Waals surface area contributed by atoms with Crippen LogP contribution in [-0.2, 0) is 17.8 Å². The van der Waals surface area contributed by atoms with E-state index in [1.165, 1.54) is 4.88 Å². The zero-order chi connectivity index (χ0) is 15.9. The molecule has 0 spiro atoms. The van der Waals surface area contributed by atoms with E-state index in [1.807, 2.05) is 37.0 Å². The van der Waals surface area contributed by atoms with E-state index in [9.17, 15) is 4.79 Å². The van der Waals surface area contributed by atoms with Gasteiger partial charge in [0.15, 0.2) is 0 Å². The molecule has 0 aromatic carbocycles. The van der Waals surface area contributed by atoms with E-state index in [0.29, 0.717) is 6.54 Å². The Bertz CT molecular complexity index is 579. The number of thiophene rings is 1. The lowest BCUT2D eigenvalue weighted by Crippen LogP contribution is -2.47. The number of rotatable bonds is 8. The summed E-state index contributed by atoms with van der Waals surface area (Å²) < 4.78 is 1.90. The van der Waals surface area contributed by atoms with Crippen LogP contribution in [-0.4, -0.2) is 34.3 Å². The predicted molar refractivity (Wildman–Crippen MR) is 90.1 cm³/mol. The third kappa shape index (κ3) is 5.27. The summed E-state index contributed by atoms with van der Waals surface area (Å²) in [6.45, 7) is 7.40. The first kappa shape index (κ1) is 16.7. The lowest BCUT2D eigenvalue weighted by atomic mass is 10.2. The molecule has 22 heavy (non-hydrogen) atoms. The number of nitrogens with zero attached hydrogens (tertiary/aromatic N) is 2. The van der Waals surface area contributed by atoms with Crippen LogP contribution in [0.15, 0.2) is 29.9 Å². The Labute approximate surface area is 135 Å². The average molecular weight is 320 g/mol. The second-order valence-electron chi connectivity index (χ2n) is 5.65. The maximum Gasteiger partial charge on any atom is 0.236 e. The third-order valence-electron chi connectivity index (χ3n) is 3.40. The predicted octanol–water partition coefficient (Wildman–Crippen LogP) is 1.98. The Morgan fingerprint density at radius 2 is 2.27 bits per heavy atom. The molecule has 120 valence electrons. The maximum absolute atomic E-state index is 12.1. The van der Waals surface area contributed by atoms with E-state index in [0.717, 1.165) is 18.5 Å². The number of carbonyl (C=O) groups is 1. The summed E-state index contributed by atoms with van der Waals surface area (Å²) in [6, 6.07) is 4.09. The van der Waals surface area contributed by atoms with Gasteiger partial charge in [0.05, 0.1) is 18.8 Å². The molecule has 0 aliphatic heterocycles. The SMILES string of the molecule is Cc1cnn(C[C@H](C)N[C@@H](C)C(=O)NCCc2cccs2)c1. The van der Waals surface area contributed by atoms with Crippen LogP contribution in [0.4, 0.5) is 0 Å². The molecule has 2 aromatic heterocycles. The van der Waals surface area contributed by atoms with E-state index in [2.05, 4.69) is 34.1 Å². The van der Waals surface area contributed by atoms with Crippen molar-refractivity contribution >= 4 is 17.2 Å². The number of aromatic nitrogens is 2. The van der Waals surface area contributed by atoms with E-state index in [-0.39, 0.29) is 18.0 Å². The van der Waals surface area contributed by atoms with Crippen LogP contribution in [0.2, 0.25) is 0 Å². The number of hydrogen-bond donors (Lipinski definition) is 2. The highest BCUT2D eigenvalue weighted by Crippen LogP contribution is 2.08. The number of nitrogens with one attached hydrogen (secondary N) is 2. The Balaban J connectivity index is 1.68. The van der Waals surface area contributed by atoms with E-state index >= 15 is 0 Å². The zero-order valence-electron chi connectivity index (χ0n) is 13.4. The van der Waals surface area contributed by atoms with Crippen LogP contribution in [0, 0.1) is 6.92 Å². The van der Waals surface area contributed by atoms with Gasteiger partial charge in [0.25, 0.3) is 0 Å². The zero-order valence-corrected chi connectivity index (χ0v) is 14.2. The highest BCUT2D eigenvalue weighted by Gasteiger charge is 2.15. The molecular weight excluding hydrogens is 296 g/mol. The molecule has 2 N–H and O–H groups in total. The van der Waals surface area contributed by atoms with Gasteiger partial charge in [-0.3, -0.25) is 9.48 Å². The molecular formula is C16H24N4OS. The summed E-state index contributed by atoms with van der Waals surface area (Å²) >= 11 is 1.72. The van der Waals surface area contributed by atoms with Gasteiger partial charge in [-0.15, -0.1) is 11.3 Å². The minimum atomic E-state index is -0.213. The normalized spacial score (nSPS) is 13.8. The molecule has 2 rings (SSSR count). The number of hydrogen-bond acceptors (Lipinski definition) is 4. The second kappa shape index (κ2) is 8.10. The Morgan fingerprint density at radius 1 is 1.45 bits per heavy atom. The standard InChI is InChI=1S/C16H24N4OS/c1-12-9-18-20(10-12)11-13(2)19-14(3)16(21)17-7-6-15-5-4-8-22-15/h4-5,8-10,13-14,19H,6-7,11H2,1-3H3,(H,17,21)/t13-,14-/m0/s1. The Hall–Kier alpha value is -1.66. The van der Waals surface area contributed by atoms with Crippen molar-refractivity contribution in [2.24, 2.45) is 0 Å². The van der Waals surface area contributed by atoms with Crippen molar-refractivity contribution in [2.45, 2.75) is 45.8 Å². The molecule has 0 unspecified atom stereocenters. The van der Waals surface area contributed by atoms with Gasteiger partial charge in [-0.05, 0) is 44.2 Å². The second-order valence-corrected chi connectivity index (χ2v) is 6.68. The Morgan fingerprint density at radius 3 is 2.91 bits per heavy atom. The lowest BCUT2D eigenvalue weighted by molar-refractivity contribution is -0.122. The summed E-state index contributed by atoms with van der Waals surface area (Å²) in [7, 11) is 0. The molecule has 0 aliphatic rings. The van der Waals surface area contributed by atoms with E-state index in [1.54, 1.807) is 11.3 Å². The molecule has 0 saturated carbocycles. The molecule has 0 aliphatic carbocycles. The van der Waals surface area contributed by atoms with Gasteiger partial charge in [0.2, 0.25) is 5.91 Å². The van der Waals surface area contributed by atoms with E-state index in [4.69, 9.17) is 0 Å². The molecule has 6 heteroatoms. The minimum absolute atomic E-state index is 0.0417. The summed E-state index contributed by atoms with van der Waals surface area (Å²) in [6.07, 6.45) is 4.73. The first-order valence-electron chi connectivity index (χ1n) is 7.60. The minimum Gasteiger partial charge on any atom is -0.354 e. The summed E-state index contributed by atoms with van der Waals surface area (Å²) in [5.74, 6) is 0.0417. The first-order chi connectivity index (χ1) is 10.5. The van der Waals surface area contributed by atoms with Gasteiger partial charge >= 0.3 is 0 Å². The molecule has 0 bridgehead atoms. The molecule has 2 aromatic rings. The van der Waals surface area contributed by atoms with Gasteiger partial charge < -0.3 is 10.6 Å². The number of carbonyl (C=O) groups excluding carboxylic acids is 1. The summed E-state index contributed by atoms with van der Waals surface area (Å²) in [5, 5.41) is 12.6. The van der Waals surface area contributed by atoms with Gasteiger partial charge in [0, 0.05) is 23.7 Å². The van der Waals surface area contributed by atoms with Crippen molar-refractivity contribution in [3.05, 3.63) is 40.3 Å². The van der Waals surface area contributed by atoms with Crippen LogP contribution in [0.25, 0.3) is 0 Å². The first-order valence-corrected chi connectivity index (χ1v) is 8.48. The van der Waals surface area contributed by atoms with Crippen molar-refractivity contribution in [3.63, 3.8) is 0 Å². The van der Waals surface area contributed by atoms with Gasteiger partial charge in [-0.1, -0.05) is 6.07 Å². The van der Waals surface area contributed by atoms with E-state index < -0.39 is 0 Å². The molecule has 1 amide bonds. The average Bonchev–Trinajstić information content (AvgIpc) is 3.10. The van der Waals surface area contributed by atoms with Crippen molar-refractivity contribution in [3.8, 4) is 0 Å². The highest BCUT2D eigenvalue weighted by molar-refractivity contribution is 7.09. The highest BCUT2D eigenvalue weighted by atomic mass is 32.1. The van der Waals surface area contributed by atoms with Crippen LogP contribution in [0.1, 0.15) is 24.3 Å². The number of amides is 1. The molecule has 0 fully saturated rings. The van der Waals surface area contributed by atoms with Crippen molar-refractivity contribution in [1.82, 2.24) is 20.4 Å². The molecule has 0 saturated heterocycles. The van der Waals surface area contributed by atoms with Gasteiger partial charge in [-0.25, -0.2) is 0 Å². The number of aryl methyl sites for hydroxylation is 1. The van der Waals surface area contributed by atoms with Gasteiger partial charge in [-0.2, -0.15) is 5.10 Å². The van der Waals surface area contributed by atoms with Crippen LogP contribution in [0.3, 0.4) is 0 Å². The molecule has 0 radical (unpaired) electrons. The quantitative estimate of drug-likeness (QED) is 0.782. The van der Waals surface area contributed by atoms with Crippen LogP contribution in [0.5, 0.6) is 0 Å². The van der Waals surface area contributed by atoms with Crippen molar-refractivity contribution < 1.29 is 4.79 Å². The van der Waals surface area contributed by atoms with Crippen LogP contribution >= 0.6 is 11.3 Å². The Kier molecular flexibility index (Phi) is 6.15. The third-order valence-corrected chi connectivity index (χ3v) is 4.34. The molecule has 2 heterocycles. The summed E-state index contributed by atoms with van der Waals surface area (Å²) in [5.41, 5.74) is 1.14. The molecule has 2 atom stereocenters. The maximum atomic E-state index is 12.1. The van der Waals surface area contributed by atoms with Crippen molar-refractivity contribution in [1.29, 1.82) is 0 Å². The van der Waals surface area contributed by atoms with Gasteiger partial charge in [0.1, 0.15) is 0 Å². The monoisotopic (exact) mass is 320 g/mol. The van der Waals surface area contributed by atoms with Crippen molar-refractivity contribution in [2.75, 3.05) is 6.54 Å². The fraction of sp³-hybridized carbons (Fsp3) is 0.500.